The second-order valence-electron chi connectivity index (χ2n) is 3.83. The van der Waals surface area contributed by atoms with Gasteiger partial charge in [0.05, 0.1) is 12.0 Å². The molecule has 11 heavy (non-hydrogen) atoms. The largest absolute Gasteiger partial charge is 0.316 e. The molecule has 2 aliphatic heterocycles. The Balaban J connectivity index is 2.11. The third-order valence-corrected chi connectivity index (χ3v) is 3.11. The number of nitriles is 1. The first-order valence-electron chi connectivity index (χ1n) is 4.50. The van der Waals surface area contributed by atoms with E-state index in [1.165, 1.54) is 12.8 Å². The van der Waals surface area contributed by atoms with Gasteiger partial charge in [-0.25, -0.2) is 0 Å². The zero-order valence-electron chi connectivity index (χ0n) is 6.71. The van der Waals surface area contributed by atoms with E-state index >= 15 is 0 Å². The van der Waals surface area contributed by atoms with Crippen molar-refractivity contribution in [3.63, 3.8) is 0 Å². The molecule has 3 fully saturated rings. The van der Waals surface area contributed by atoms with E-state index in [9.17, 15) is 0 Å². The lowest BCUT2D eigenvalue weighted by Crippen LogP contribution is -2.23. The molecule has 2 nitrogen and oxygen atoms in total. The Kier molecular flexibility index (Phi) is 1.83. The lowest BCUT2D eigenvalue weighted by molar-refractivity contribution is 0.265. The van der Waals surface area contributed by atoms with Gasteiger partial charge in [-0.3, -0.25) is 0 Å². The summed E-state index contributed by atoms with van der Waals surface area (Å²) in [6, 6.07) is 2.44. The van der Waals surface area contributed by atoms with E-state index < -0.39 is 0 Å². The average Bonchev–Trinajstić information content (AvgIpc) is 2.37. The highest BCUT2D eigenvalue weighted by atomic mass is 14.9. The molecule has 3 atom stereocenters. The molecule has 0 radical (unpaired) electrons. The summed E-state index contributed by atoms with van der Waals surface area (Å²) in [6.45, 7) is 2.23. The van der Waals surface area contributed by atoms with E-state index in [-0.39, 0.29) is 0 Å². The summed E-state index contributed by atoms with van der Waals surface area (Å²) in [4.78, 5) is 0. The minimum absolute atomic E-state index is 0.351. The molecule has 0 aromatic rings. The third-order valence-electron chi connectivity index (χ3n) is 3.11. The monoisotopic (exact) mass is 150 g/mol. The Hall–Kier alpha value is -0.550. The first kappa shape index (κ1) is 7.12. The van der Waals surface area contributed by atoms with Crippen molar-refractivity contribution >= 4 is 0 Å². The fraction of sp³-hybridized carbons (Fsp3) is 0.889. The molecule has 2 heterocycles. The van der Waals surface area contributed by atoms with Crippen LogP contribution < -0.4 is 5.32 Å². The van der Waals surface area contributed by atoms with Crippen molar-refractivity contribution in [1.82, 2.24) is 5.32 Å². The summed E-state index contributed by atoms with van der Waals surface area (Å²) in [5, 5.41) is 12.3. The normalized spacial score (nSPS) is 43.0. The fourth-order valence-electron chi connectivity index (χ4n) is 2.38. The van der Waals surface area contributed by atoms with Crippen molar-refractivity contribution in [1.29, 1.82) is 5.26 Å². The van der Waals surface area contributed by atoms with Gasteiger partial charge in [0.15, 0.2) is 0 Å². The van der Waals surface area contributed by atoms with Gasteiger partial charge in [-0.2, -0.15) is 5.26 Å². The van der Waals surface area contributed by atoms with Crippen LogP contribution in [0.2, 0.25) is 0 Å². The van der Waals surface area contributed by atoms with Crippen molar-refractivity contribution < 1.29 is 0 Å². The minimum atomic E-state index is 0.351. The average molecular weight is 150 g/mol. The van der Waals surface area contributed by atoms with E-state index in [1.807, 2.05) is 0 Å². The van der Waals surface area contributed by atoms with Gasteiger partial charge < -0.3 is 5.32 Å². The van der Waals surface area contributed by atoms with Crippen molar-refractivity contribution in [3.05, 3.63) is 0 Å². The zero-order valence-corrected chi connectivity index (χ0v) is 6.71. The van der Waals surface area contributed by atoms with Crippen LogP contribution in [0.3, 0.4) is 0 Å². The Bertz CT molecular complexity index is 178. The Morgan fingerprint density at radius 2 is 2.18 bits per heavy atom. The molecular formula is C9H14N2. The molecule has 0 aromatic carbocycles. The van der Waals surface area contributed by atoms with Gasteiger partial charge in [-0.1, -0.05) is 0 Å². The van der Waals surface area contributed by atoms with Crippen LogP contribution in [0.5, 0.6) is 0 Å². The first-order chi connectivity index (χ1) is 5.40. The second-order valence-corrected chi connectivity index (χ2v) is 3.83. The van der Waals surface area contributed by atoms with Crippen LogP contribution >= 0.6 is 0 Å². The van der Waals surface area contributed by atoms with Crippen molar-refractivity contribution in [3.8, 4) is 6.07 Å². The van der Waals surface area contributed by atoms with E-state index in [0.717, 1.165) is 25.4 Å². The molecule has 2 saturated heterocycles. The lowest BCUT2D eigenvalue weighted by atomic mass is 9.76. The zero-order chi connectivity index (χ0) is 7.68. The first-order valence-corrected chi connectivity index (χ1v) is 4.50. The summed E-state index contributed by atoms with van der Waals surface area (Å²) >= 11 is 0. The lowest BCUT2D eigenvalue weighted by Gasteiger charge is -2.26. The molecule has 1 saturated carbocycles. The molecule has 3 rings (SSSR count). The molecule has 2 heteroatoms. The summed E-state index contributed by atoms with van der Waals surface area (Å²) in [5.41, 5.74) is 0. The SMILES string of the molecule is N#CC1CC2CCC1CNC2. The Morgan fingerprint density at radius 3 is 3.00 bits per heavy atom. The second kappa shape index (κ2) is 2.83. The summed E-state index contributed by atoms with van der Waals surface area (Å²) in [7, 11) is 0. The number of hydrogen-bond donors (Lipinski definition) is 1. The van der Waals surface area contributed by atoms with Gasteiger partial charge in [-0.15, -0.1) is 0 Å². The summed E-state index contributed by atoms with van der Waals surface area (Å²) in [6.07, 6.45) is 3.76. The number of hydrogen-bond acceptors (Lipinski definition) is 2. The quantitative estimate of drug-likeness (QED) is 0.562. The summed E-state index contributed by atoms with van der Waals surface area (Å²) in [5.74, 6) is 1.79. The van der Waals surface area contributed by atoms with E-state index in [2.05, 4.69) is 11.4 Å². The number of nitrogens with one attached hydrogen (secondary N) is 1. The minimum Gasteiger partial charge on any atom is -0.316 e. The smallest absolute Gasteiger partial charge is 0.0659 e. The number of rotatable bonds is 0. The number of fused-ring (bicyclic) bond motifs is 4. The van der Waals surface area contributed by atoms with E-state index in [4.69, 9.17) is 5.26 Å². The molecule has 0 spiro atoms. The van der Waals surface area contributed by atoms with Gasteiger partial charge in [-0.05, 0) is 44.2 Å². The molecule has 3 unspecified atom stereocenters. The molecular weight excluding hydrogens is 136 g/mol. The predicted octanol–water partition coefficient (Wildman–Crippen LogP) is 1.15. The van der Waals surface area contributed by atoms with E-state index in [1.54, 1.807) is 0 Å². The molecule has 3 aliphatic rings. The topological polar surface area (TPSA) is 35.8 Å². The van der Waals surface area contributed by atoms with Gasteiger partial charge >= 0.3 is 0 Å². The summed E-state index contributed by atoms with van der Waals surface area (Å²) < 4.78 is 0. The van der Waals surface area contributed by atoms with Gasteiger partial charge in [0.25, 0.3) is 0 Å². The van der Waals surface area contributed by atoms with Crippen LogP contribution in [0.15, 0.2) is 0 Å². The Labute approximate surface area is 67.6 Å². The van der Waals surface area contributed by atoms with Crippen LogP contribution in [-0.2, 0) is 0 Å². The van der Waals surface area contributed by atoms with Crippen LogP contribution in [0.4, 0.5) is 0 Å². The van der Waals surface area contributed by atoms with Gasteiger partial charge in [0.2, 0.25) is 0 Å². The maximum Gasteiger partial charge on any atom is 0.0659 e. The fourth-order valence-corrected chi connectivity index (χ4v) is 2.38. The van der Waals surface area contributed by atoms with Crippen LogP contribution in [-0.4, -0.2) is 13.1 Å². The highest BCUT2D eigenvalue weighted by Crippen LogP contribution is 2.34. The van der Waals surface area contributed by atoms with Crippen molar-refractivity contribution in [2.24, 2.45) is 17.8 Å². The molecule has 2 bridgehead atoms. The third kappa shape index (κ3) is 1.25. The molecule has 0 amide bonds. The molecule has 60 valence electrons. The molecule has 1 N–H and O–H groups in total. The van der Waals surface area contributed by atoms with Crippen molar-refractivity contribution in [2.75, 3.05) is 13.1 Å². The van der Waals surface area contributed by atoms with Crippen LogP contribution in [0.1, 0.15) is 19.3 Å². The van der Waals surface area contributed by atoms with Crippen molar-refractivity contribution in [2.45, 2.75) is 19.3 Å². The molecule has 1 aliphatic carbocycles. The Morgan fingerprint density at radius 1 is 1.27 bits per heavy atom. The van der Waals surface area contributed by atoms with Crippen LogP contribution in [0, 0.1) is 29.1 Å². The maximum absolute atomic E-state index is 8.86. The standard InChI is InChI=1S/C9H14N2/c10-4-9-3-7-1-2-8(9)6-11-5-7/h7-9,11H,1-3,5-6H2. The number of nitrogens with zero attached hydrogens (tertiary/aromatic N) is 1. The maximum atomic E-state index is 8.86. The highest BCUT2D eigenvalue weighted by molar-refractivity contribution is 4.96. The predicted molar refractivity (Wildman–Crippen MR) is 42.8 cm³/mol. The molecule has 0 aromatic heterocycles. The van der Waals surface area contributed by atoms with Crippen LogP contribution in [0.25, 0.3) is 0 Å². The van der Waals surface area contributed by atoms with Gasteiger partial charge in [0.1, 0.15) is 0 Å². The highest BCUT2D eigenvalue weighted by Gasteiger charge is 2.32. The van der Waals surface area contributed by atoms with E-state index in [0.29, 0.717) is 11.8 Å². The van der Waals surface area contributed by atoms with Gasteiger partial charge in [0, 0.05) is 0 Å².